The Hall–Kier alpha value is -2.56. The van der Waals surface area contributed by atoms with E-state index in [1.165, 1.54) is 16.0 Å². The van der Waals surface area contributed by atoms with Crippen molar-refractivity contribution in [1.82, 2.24) is 9.55 Å². The summed E-state index contributed by atoms with van der Waals surface area (Å²) in [6.07, 6.45) is 0.960. The number of thioether (sulfide) groups is 1. The third-order valence-corrected chi connectivity index (χ3v) is 6.01. The number of aryl methyl sites for hydroxylation is 1. The van der Waals surface area contributed by atoms with Crippen LogP contribution in [0.4, 0.5) is 0 Å². The smallest absolute Gasteiger partial charge is 0.127 e. The second kappa shape index (κ2) is 9.09. The number of aromatic nitrogens is 2. The number of para-hydroxylation sites is 2. The predicted octanol–water partition coefficient (Wildman–Crippen LogP) is 5.95. The Kier molecular flexibility index (Phi) is 6.10. The van der Waals surface area contributed by atoms with Crippen LogP contribution in [0.5, 0.6) is 0 Å². The van der Waals surface area contributed by atoms with Crippen LogP contribution in [0.2, 0.25) is 0 Å². The van der Waals surface area contributed by atoms with Gasteiger partial charge in [0.25, 0.3) is 0 Å². The van der Waals surface area contributed by atoms with E-state index in [0.717, 1.165) is 30.9 Å². The summed E-state index contributed by atoms with van der Waals surface area (Å²) in [5.41, 5.74) is 3.49. The average Bonchev–Trinajstić information content (AvgIpc) is 3.12. The molecule has 4 aromatic rings. The van der Waals surface area contributed by atoms with Gasteiger partial charge in [0.05, 0.1) is 16.3 Å². The highest BCUT2D eigenvalue weighted by atomic mass is 32.2. The first-order valence-electron chi connectivity index (χ1n) is 9.57. The number of fused-ring (bicyclic) bond motifs is 1. The molecule has 0 spiro atoms. The van der Waals surface area contributed by atoms with Crippen LogP contribution in [-0.4, -0.2) is 23.3 Å². The topological polar surface area (TPSA) is 27.1 Å². The van der Waals surface area contributed by atoms with Gasteiger partial charge in [-0.15, -0.1) is 11.8 Å². The van der Waals surface area contributed by atoms with Gasteiger partial charge >= 0.3 is 0 Å². The zero-order valence-electron chi connectivity index (χ0n) is 16.0. The molecule has 0 radical (unpaired) electrons. The molecular formula is C24H24N2OS. The van der Waals surface area contributed by atoms with Crippen LogP contribution in [0.25, 0.3) is 11.0 Å². The minimum atomic E-state index is 0.124. The van der Waals surface area contributed by atoms with Crippen LogP contribution >= 0.6 is 11.8 Å². The molecule has 1 unspecified atom stereocenters. The van der Waals surface area contributed by atoms with E-state index < -0.39 is 0 Å². The molecule has 0 amide bonds. The first kappa shape index (κ1) is 18.8. The molecule has 1 atom stereocenters. The number of hydrogen-bond acceptors (Lipinski definition) is 3. The van der Waals surface area contributed by atoms with E-state index in [4.69, 9.17) is 9.72 Å². The van der Waals surface area contributed by atoms with Gasteiger partial charge in [0, 0.05) is 25.2 Å². The highest BCUT2D eigenvalue weighted by Crippen LogP contribution is 2.41. The number of methoxy groups -OCH3 is 1. The summed E-state index contributed by atoms with van der Waals surface area (Å²) in [4.78, 5) is 6.31. The summed E-state index contributed by atoms with van der Waals surface area (Å²) in [6.45, 7) is 1.64. The van der Waals surface area contributed by atoms with Crippen LogP contribution in [-0.2, 0) is 11.3 Å². The fourth-order valence-electron chi connectivity index (χ4n) is 3.43. The van der Waals surface area contributed by atoms with Crippen LogP contribution in [0.3, 0.4) is 0 Å². The minimum Gasteiger partial charge on any atom is -0.385 e. The second-order valence-electron chi connectivity index (χ2n) is 6.68. The maximum absolute atomic E-state index is 5.29. The van der Waals surface area contributed by atoms with Gasteiger partial charge in [0.15, 0.2) is 0 Å². The molecule has 1 aromatic heterocycles. The highest BCUT2D eigenvalue weighted by molar-refractivity contribution is 7.99. The van der Waals surface area contributed by atoms with Crippen molar-refractivity contribution in [2.45, 2.75) is 23.1 Å². The zero-order chi connectivity index (χ0) is 19.2. The molecule has 0 aliphatic rings. The van der Waals surface area contributed by atoms with E-state index in [1.54, 1.807) is 7.11 Å². The lowest BCUT2D eigenvalue weighted by atomic mass is 10.1. The van der Waals surface area contributed by atoms with Gasteiger partial charge in [-0.2, -0.15) is 0 Å². The minimum absolute atomic E-state index is 0.124. The van der Waals surface area contributed by atoms with E-state index in [0.29, 0.717) is 0 Å². The van der Waals surface area contributed by atoms with Gasteiger partial charge in [-0.3, -0.25) is 0 Å². The van der Waals surface area contributed by atoms with Crippen LogP contribution in [0.1, 0.15) is 23.1 Å². The Bertz CT molecular complexity index is 1010. The fourth-order valence-corrected chi connectivity index (χ4v) is 4.59. The summed E-state index contributed by atoms with van der Waals surface area (Å²) >= 11 is 1.85. The van der Waals surface area contributed by atoms with Gasteiger partial charge in [-0.05, 0) is 36.2 Å². The van der Waals surface area contributed by atoms with Crippen molar-refractivity contribution in [2.24, 2.45) is 0 Å². The summed E-state index contributed by atoms with van der Waals surface area (Å²) < 4.78 is 7.66. The first-order valence-corrected chi connectivity index (χ1v) is 10.5. The standard InChI is InChI=1S/C24H24N2OS/c1-27-18-10-17-26-22-16-9-8-15-21(22)25-24(26)23(19-11-4-2-5-12-19)28-20-13-6-3-7-14-20/h2-9,11-16,23H,10,17-18H2,1H3. The van der Waals surface area contributed by atoms with E-state index in [9.17, 15) is 0 Å². The summed E-state index contributed by atoms with van der Waals surface area (Å²) in [5, 5.41) is 0.124. The van der Waals surface area contributed by atoms with Gasteiger partial charge in [-0.1, -0.05) is 60.7 Å². The predicted molar refractivity (Wildman–Crippen MR) is 117 cm³/mol. The van der Waals surface area contributed by atoms with E-state index in [-0.39, 0.29) is 5.25 Å². The Balaban J connectivity index is 1.81. The molecule has 0 saturated carbocycles. The molecular weight excluding hydrogens is 364 g/mol. The molecule has 4 rings (SSSR count). The number of ether oxygens (including phenoxy) is 1. The molecule has 3 nitrogen and oxygen atoms in total. The monoisotopic (exact) mass is 388 g/mol. The number of benzene rings is 3. The Morgan fingerprint density at radius 1 is 0.893 bits per heavy atom. The molecule has 0 N–H and O–H groups in total. The van der Waals surface area contributed by atoms with Crippen molar-refractivity contribution in [3.8, 4) is 0 Å². The maximum Gasteiger partial charge on any atom is 0.127 e. The molecule has 0 aliphatic heterocycles. The normalized spacial score (nSPS) is 12.3. The SMILES string of the molecule is COCCCn1c(C(Sc2ccccc2)c2ccccc2)nc2ccccc21. The molecule has 0 bridgehead atoms. The zero-order valence-corrected chi connectivity index (χ0v) is 16.8. The summed E-state index contributed by atoms with van der Waals surface area (Å²) in [6, 6.07) is 29.6. The van der Waals surface area contributed by atoms with E-state index in [2.05, 4.69) is 89.5 Å². The highest BCUT2D eigenvalue weighted by Gasteiger charge is 2.23. The van der Waals surface area contributed by atoms with Crippen molar-refractivity contribution < 1.29 is 4.74 Å². The quantitative estimate of drug-likeness (QED) is 0.275. The van der Waals surface area contributed by atoms with Crippen molar-refractivity contribution in [3.05, 3.63) is 96.3 Å². The number of imidazole rings is 1. The molecule has 1 heterocycles. The Morgan fingerprint density at radius 2 is 1.57 bits per heavy atom. The largest absolute Gasteiger partial charge is 0.385 e. The molecule has 142 valence electrons. The lowest BCUT2D eigenvalue weighted by Crippen LogP contribution is -2.10. The van der Waals surface area contributed by atoms with Crippen molar-refractivity contribution in [2.75, 3.05) is 13.7 Å². The summed E-state index contributed by atoms with van der Waals surface area (Å²) in [5.74, 6) is 1.09. The van der Waals surface area contributed by atoms with Gasteiger partial charge in [0.1, 0.15) is 5.82 Å². The number of nitrogens with zero attached hydrogens (tertiary/aromatic N) is 2. The van der Waals surface area contributed by atoms with E-state index >= 15 is 0 Å². The molecule has 28 heavy (non-hydrogen) atoms. The maximum atomic E-state index is 5.29. The lowest BCUT2D eigenvalue weighted by molar-refractivity contribution is 0.190. The molecule has 0 fully saturated rings. The van der Waals surface area contributed by atoms with E-state index in [1.807, 2.05) is 11.8 Å². The third-order valence-electron chi connectivity index (χ3n) is 4.75. The lowest BCUT2D eigenvalue weighted by Gasteiger charge is -2.19. The fraction of sp³-hybridized carbons (Fsp3) is 0.208. The average molecular weight is 389 g/mol. The van der Waals surface area contributed by atoms with Crippen LogP contribution in [0.15, 0.2) is 89.8 Å². The summed E-state index contributed by atoms with van der Waals surface area (Å²) in [7, 11) is 1.75. The third kappa shape index (κ3) is 4.13. The second-order valence-corrected chi connectivity index (χ2v) is 7.86. The molecule has 0 aliphatic carbocycles. The molecule has 3 aromatic carbocycles. The van der Waals surface area contributed by atoms with Crippen molar-refractivity contribution >= 4 is 22.8 Å². The van der Waals surface area contributed by atoms with Crippen LogP contribution in [0, 0.1) is 0 Å². The molecule has 4 heteroatoms. The van der Waals surface area contributed by atoms with Gasteiger partial charge < -0.3 is 9.30 Å². The number of hydrogen-bond donors (Lipinski definition) is 0. The van der Waals surface area contributed by atoms with Gasteiger partial charge in [-0.25, -0.2) is 4.98 Å². The molecule has 0 saturated heterocycles. The Morgan fingerprint density at radius 3 is 2.32 bits per heavy atom. The van der Waals surface area contributed by atoms with Crippen LogP contribution < -0.4 is 0 Å². The number of rotatable bonds is 8. The Labute approximate surface area is 170 Å². The first-order chi connectivity index (χ1) is 13.9. The van der Waals surface area contributed by atoms with Crippen molar-refractivity contribution in [1.29, 1.82) is 0 Å². The van der Waals surface area contributed by atoms with Gasteiger partial charge in [0.2, 0.25) is 0 Å². The van der Waals surface area contributed by atoms with Crippen molar-refractivity contribution in [3.63, 3.8) is 0 Å².